The van der Waals surface area contributed by atoms with Crippen LogP contribution in [0.5, 0.6) is 0 Å². The van der Waals surface area contributed by atoms with Crippen molar-refractivity contribution in [1.29, 1.82) is 0 Å². The second kappa shape index (κ2) is 6.72. The minimum absolute atomic E-state index is 0.200. The molecule has 0 aliphatic carbocycles. The molecule has 1 aliphatic rings. The van der Waals surface area contributed by atoms with Gasteiger partial charge in [-0.1, -0.05) is 23.7 Å². The third-order valence-corrected chi connectivity index (χ3v) is 4.66. The first kappa shape index (κ1) is 15.9. The summed E-state index contributed by atoms with van der Waals surface area (Å²) in [7, 11) is 0. The minimum atomic E-state index is -0.257. The number of hydrogen-bond donors (Lipinski definition) is 1. The summed E-state index contributed by atoms with van der Waals surface area (Å²) < 4.78 is 1.69. The number of nitrogens with one attached hydrogen (secondary N) is 1. The normalized spacial score (nSPS) is 14.2. The first-order chi connectivity index (χ1) is 12.2. The lowest BCUT2D eigenvalue weighted by atomic mass is 10.2. The number of imidazole rings is 1. The number of amides is 1. The summed E-state index contributed by atoms with van der Waals surface area (Å²) in [6.45, 7) is 2.52. The second-order valence-electron chi connectivity index (χ2n) is 6.08. The van der Waals surface area contributed by atoms with Crippen molar-refractivity contribution in [3.05, 3.63) is 59.1 Å². The summed E-state index contributed by atoms with van der Waals surface area (Å²) in [6.07, 6.45) is 6.03. The molecule has 0 aromatic carbocycles. The molecule has 4 rings (SSSR count). The maximum atomic E-state index is 12.5. The van der Waals surface area contributed by atoms with E-state index in [1.54, 1.807) is 10.6 Å². The number of rotatable bonds is 4. The minimum Gasteiger partial charge on any atom is -0.357 e. The Kier molecular flexibility index (Phi) is 4.28. The highest BCUT2D eigenvalue weighted by Gasteiger charge is 2.18. The molecule has 0 radical (unpaired) electrons. The third-order valence-electron chi connectivity index (χ3n) is 4.39. The van der Waals surface area contributed by atoms with Crippen molar-refractivity contribution in [2.45, 2.75) is 19.4 Å². The molecule has 1 amide bonds. The Labute approximate surface area is 150 Å². The Morgan fingerprint density at radius 1 is 1.20 bits per heavy atom. The molecule has 1 saturated heterocycles. The predicted octanol–water partition coefficient (Wildman–Crippen LogP) is 2.91. The van der Waals surface area contributed by atoms with Crippen LogP contribution in [-0.4, -0.2) is 33.4 Å². The van der Waals surface area contributed by atoms with E-state index in [1.807, 2.05) is 36.5 Å². The second-order valence-corrected chi connectivity index (χ2v) is 6.44. The van der Waals surface area contributed by atoms with Crippen LogP contribution >= 0.6 is 11.6 Å². The van der Waals surface area contributed by atoms with E-state index in [0.717, 1.165) is 24.5 Å². The summed E-state index contributed by atoms with van der Waals surface area (Å²) in [6, 6.07) is 9.51. The number of nitrogens with zero attached hydrogens (tertiary/aromatic N) is 4. The van der Waals surface area contributed by atoms with Crippen LogP contribution in [0, 0.1) is 0 Å². The molecule has 1 aliphatic heterocycles. The van der Waals surface area contributed by atoms with Gasteiger partial charge in [0, 0.05) is 32.0 Å². The van der Waals surface area contributed by atoms with E-state index >= 15 is 0 Å². The largest absolute Gasteiger partial charge is 0.357 e. The van der Waals surface area contributed by atoms with Gasteiger partial charge >= 0.3 is 0 Å². The smallest absolute Gasteiger partial charge is 0.271 e. The molecule has 4 heterocycles. The monoisotopic (exact) mass is 355 g/mol. The zero-order valence-electron chi connectivity index (χ0n) is 13.7. The lowest BCUT2D eigenvalue weighted by Crippen LogP contribution is -2.25. The van der Waals surface area contributed by atoms with Gasteiger partial charge < -0.3 is 10.2 Å². The third kappa shape index (κ3) is 3.17. The molecule has 0 atom stereocenters. The quantitative estimate of drug-likeness (QED) is 0.781. The van der Waals surface area contributed by atoms with E-state index in [-0.39, 0.29) is 11.1 Å². The van der Waals surface area contributed by atoms with Crippen LogP contribution in [-0.2, 0) is 6.54 Å². The Morgan fingerprint density at radius 2 is 2.04 bits per heavy atom. The fraction of sp³-hybridized carbons (Fsp3) is 0.278. The lowest BCUT2D eigenvalue weighted by molar-refractivity contribution is 0.0945. The van der Waals surface area contributed by atoms with Crippen LogP contribution in [0.1, 0.15) is 28.9 Å². The SMILES string of the molecule is O=C(NCc1ccc(N2CCCC2)nc1)c1c(Cl)nc2ccccn12. The maximum Gasteiger partial charge on any atom is 0.271 e. The molecular formula is C18H18ClN5O. The van der Waals surface area contributed by atoms with Crippen molar-refractivity contribution in [1.82, 2.24) is 19.7 Å². The number of carbonyl (C=O) groups excluding carboxylic acids is 1. The molecule has 128 valence electrons. The first-order valence-corrected chi connectivity index (χ1v) is 8.71. The van der Waals surface area contributed by atoms with Gasteiger partial charge in [0.15, 0.2) is 10.8 Å². The fourth-order valence-electron chi connectivity index (χ4n) is 3.09. The number of hydrogen-bond acceptors (Lipinski definition) is 4. The average molecular weight is 356 g/mol. The van der Waals surface area contributed by atoms with Gasteiger partial charge in [-0.15, -0.1) is 0 Å². The molecule has 0 bridgehead atoms. The molecule has 6 nitrogen and oxygen atoms in total. The Hall–Kier alpha value is -2.60. The van der Waals surface area contributed by atoms with Crippen LogP contribution in [0.25, 0.3) is 5.65 Å². The van der Waals surface area contributed by atoms with E-state index in [9.17, 15) is 4.79 Å². The van der Waals surface area contributed by atoms with Gasteiger partial charge in [-0.3, -0.25) is 9.20 Å². The van der Waals surface area contributed by atoms with Crippen LogP contribution in [0.3, 0.4) is 0 Å². The standard InChI is InChI=1S/C18H18ClN5O/c19-17-16(24-10-2-1-5-15(24)22-17)18(25)21-12-13-6-7-14(20-11-13)23-8-3-4-9-23/h1-2,5-7,10-11H,3-4,8-9,12H2,(H,21,25). The van der Waals surface area contributed by atoms with Crippen LogP contribution < -0.4 is 10.2 Å². The predicted molar refractivity (Wildman–Crippen MR) is 97.1 cm³/mol. The summed E-state index contributed by atoms with van der Waals surface area (Å²) in [5, 5.41) is 3.09. The van der Waals surface area contributed by atoms with E-state index in [1.165, 1.54) is 12.8 Å². The van der Waals surface area contributed by atoms with Crippen molar-refractivity contribution < 1.29 is 4.79 Å². The number of halogens is 1. The lowest BCUT2D eigenvalue weighted by Gasteiger charge is -2.16. The van der Waals surface area contributed by atoms with Crippen molar-refractivity contribution >= 4 is 29.0 Å². The molecule has 0 unspecified atom stereocenters. The van der Waals surface area contributed by atoms with Gasteiger partial charge in [0.05, 0.1) is 0 Å². The van der Waals surface area contributed by atoms with Gasteiger partial charge in [-0.25, -0.2) is 9.97 Å². The van der Waals surface area contributed by atoms with E-state index in [2.05, 4.69) is 20.2 Å². The topological polar surface area (TPSA) is 62.5 Å². The zero-order chi connectivity index (χ0) is 17.2. The first-order valence-electron chi connectivity index (χ1n) is 8.33. The molecule has 3 aromatic rings. The number of pyridine rings is 2. The number of anilines is 1. The zero-order valence-corrected chi connectivity index (χ0v) is 14.4. The van der Waals surface area contributed by atoms with Crippen molar-refractivity contribution in [2.24, 2.45) is 0 Å². The van der Waals surface area contributed by atoms with E-state index in [0.29, 0.717) is 17.9 Å². The molecule has 0 saturated carbocycles. The Morgan fingerprint density at radius 3 is 2.80 bits per heavy atom. The van der Waals surface area contributed by atoms with E-state index < -0.39 is 0 Å². The summed E-state index contributed by atoms with van der Waals surface area (Å²) in [4.78, 5) is 23.5. The van der Waals surface area contributed by atoms with Crippen LogP contribution in [0.15, 0.2) is 42.7 Å². The van der Waals surface area contributed by atoms with Gasteiger partial charge in [-0.2, -0.15) is 0 Å². The Bertz CT molecular complexity index is 899. The number of carbonyl (C=O) groups is 1. The van der Waals surface area contributed by atoms with Crippen LogP contribution in [0.4, 0.5) is 5.82 Å². The fourth-order valence-corrected chi connectivity index (χ4v) is 3.35. The molecule has 3 aromatic heterocycles. The van der Waals surface area contributed by atoms with Crippen molar-refractivity contribution in [3.8, 4) is 0 Å². The van der Waals surface area contributed by atoms with Gasteiger partial charge in [0.1, 0.15) is 11.5 Å². The molecule has 1 fully saturated rings. The Balaban J connectivity index is 1.45. The molecule has 1 N–H and O–H groups in total. The highest BCUT2D eigenvalue weighted by Crippen LogP contribution is 2.19. The highest BCUT2D eigenvalue weighted by atomic mass is 35.5. The van der Waals surface area contributed by atoms with Crippen molar-refractivity contribution in [2.75, 3.05) is 18.0 Å². The molecular weight excluding hydrogens is 338 g/mol. The number of fused-ring (bicyclic) bond motifs is 1. The van der Waals surface area contributed by atoms with Gasteiger partial charge in [0.25, 0.3) is 5.91 Å². The molecule has 25 heavy (non-hydrogen) atoms. The molecule has 0 spiro atoms. The van der Waals surface area contributed by atoms with Gasteiger partial charge in [-0.05, 0) is 36.6 Å². The van der Waals surface area contributed by atoms with Crippen molar-refractivity contribution in [3.63, 3.8) is 0 Å². The number of aromatic nitrogens is 3. The maximum absolute atomic E-state index is 12.5. The average Bonchev–Trinajstić information content (AvgIpc) is 3.27. The molecule has 7 heteroatoms. The van der Waals surface area contributed by atoms with Crippen LogP contribution in [0.2, 0.25) is 5.15 Å². The van der Waals surface area contributed by atoms with E-state index in [4.69, 9.17) is 11.6 Å². The summed E-state index contributed by atoms with van der Waals surface area (Å²) in [5.41, 5.74) is 1.94. The van der Waals surface area contributed by atoms with Gasteiger partial charge in [0.2, 0.25) is 0 Å². The summed E-state index contributed by atoms with van der Waals surface area (Å²) >= 11 is 6.13. The highest BCUT2D eigenvalue weighted by molar-refractivity contribution is 6.32. The summed E-state index contributed by atoms with van der Waals surface area (Å²) in [5.74, 6) is 0.740.